The summed E-state index contributed by atoms with van der Waals surface area (Å²) in [7, 11) is 0. The van der Waals surface area contributed by atoms with Gasteiger partial charge in [-0.2, -0.15) is 0 Å². The molecule has 1 aromatic carbocycles. The molecular weight excluding hydrogens is 266 g/mol. The summed E-state index contributed by atoms with van der Waals surface area (Å²) in [5.41, 5.74) is 0.898. The number of para-hydroxylation sites is 1. The summed E-state index contributed by atoms with van der Waals surface area (Å²) in [4.78, 5) is 14.5. The van der Waals surface area contributed by atoms with Crippen LogP contribution in [0.4, 0.5) is 0 Å². The third-order valence-corrected chi connectivity index (χ3v) is 4.27. The molecule has 0 amide bonds. The molecular formula is C17H21NO3. The van der Waals surface area contributed by atoms with E-state index in [1.807, 2.05) is 6.92 Å². The fourth-order valence-corrected chi connectivity index (χ4v) is 3.23. The van der Waals surface area contributed by atoms with Crippen LogP contribution in [0.5, 0.6) is 0 Å². The summed E-state index contributed by atoms with van der Waals surface area (Å²) in [6.07, 6.45) is -1.77. The Hall–Kier alpha value is -1.81. The van der Waals surface area contributed by atoms with Gasteiger partial charge in [0.25, 0.3) is 0 Å². The fourth-order valence-electron chi connectivity index (χ4n) is 3.23. The van der Waals surface area contributed by atoms with Crippen LogP contribution in [-0.2, 0) is 27.9 Å². The molecule has 2 heterocycles. The molecule has 4 nitrogen and oxygen atoms in total. The maximum absolute atomic E-state index is 11.4. The summed E-state index contributed by atoms with van der Waals surface area (Å²) < 4.78 is 44.8. The van der Waals surface area contributed by atoms with E-state index in [2.05, 4.69) is 4.98 Å². The number of nitrogens with one attached hydrogen (secondary N) is 1. The monoisotopic (exact) mass is 292 g/mol. The zero-order valence-corrected chi connectivity index (χ0v) is 11.8. The van der Waals surface area contributed by atoms with Crippen LogP contribution < -0.4 is 0 Å². The first-order valence-electron chi connectivity index (χ1n) is 9.54. The quantitative estimate of drug-likeness (QED) is 0.908. The lowest BCUT2D eigenvalue weighted by Gasteiger charge is -2.35. The molecule has 2 N–H and O–H groups in total. The van der Waals surface area contributed by atoms with Crippen LogP contribution in [0.3, 0.4) is 0 Å². The predicted molar refractivity (Wildman–Crippen MR) is 81.6 cm³/mol. The zero-order chi connectivity index (χ0) is 19.3. The Balaban J connectivity index is 2.28. The Morgan fingerprint density at radius 3 is 3.19 bits per heavy atom. The lowest BCUT2D eigenvalue weighted by Crippen LogP contribution is -2.37. The van der Waals surface area contributed by atoms with Gasteiger partial charge in [0, 0.05) is 17.8 Å². The number of ether oxygens (including phenoxy) is 1. The molecule has 4 heteroatoms. The number of aromatic amines is 1. The van der Waals surface area contributed by atoms with Crippen LogP contribution >= 0.6 is 0 Å². The standard InChI is InChI=1S/C17H21NO3/c1-3-11-6-5-7-12-13-8-9-21-17(4-2,10-14(19)20)16(13)18-15(11)12/h5-7,18H,3-4,8-10H2,1-2H3,(H,19,20)/t17-/m1/s1/i1D3,3D2. The largest absolute Gasteiger partial charge is 0.481 e. The van der Waals surface area contributed by atoms with Gasteiger partial charge in [-0.05, 0) is 30.3 Å². The van der Waals surface area contributed by atoms with Crippen molar-refractivity contribution in [3.05, 3.63) is 35.0 Å². The molecule has 0 radical (unpaired) electrons. The SMILES string of the molecule is [2H]C([2H])([2H])C([2H])([2H])c1cccc2c3c([nH]c12)[C@@](CC)(CC(=O)O)OCC3. The van der Waals surface area contributed by atoms with Crippen molar-refractivity contribution in [3.8, 4) is 0 Å². The minimum absolute atomic E-state index is 0.0460. The number of H-pyrrole nitrogens is 1. The van der Waals surface area contributed by atoms with E-state index in [9.17, 15) is 9.90 Å². The van der Waals surface area contributed by atoms with Crippen LogP contribution in [0.1, 0.15) is 50.3 Å². The molecule has 3 rings (SSSR count). The second kappa shape index (κ2) is 5.19. The normalized spacial score (nSPS) is 26.2. The highest BCUT2D eigenvalue weighted by Crippen LogP contribution is 2.42. The van der Waals surface area contributed by atoms with Crippen molar-refractivity contribution in [3.63, 3.8) is 0 Å². The van der Waals surface area contributed by atoms with Crippen molar-refractivity contribution in [1.82, 2.24) is 4.98 Å². The van der Waals surface area contributed by atoms with Crippen molar-refractivity contribution in [2.75, 3.05) is 6.61 Å². The van der Waals surface area contributed by atoms with E-state index in [-0.39, 0.29) is 12.0 Å². The molecule has 1 aromatic heterocycles. The van der Waals surface area contributed by atoms with Gasteiger partial charge in [0.05, 0.1) is 18.7 Å². The number of benzene rings is 1. The molecule has 21 heavy (non-hydrogen) atoms. The number of rotatable bonds is 4. The number of carboxylic acid groups (broad SMARTS) is 1. The molecule has 0 bridgehead atoms. The summed E-state index contributed by atoms with van der Waals surface area (Å²) in [5.74, 6) is -0.989. The van der Waals surface area contributed by atoms with E-state index in [4.69, 9.17) is 11.6 Å². The van der Waals surface area contributed by atoms with Crippen molar-refractivity contribution in [1.29, 1.82) is 0 Å². The summed E-state index contributed by atoms with van der Waals surface area (Å²) in [6.45, 7) is -0.629. The van der Waals surface area contributed by atoms with Crippen LogP contribution in [0, 0.1) is 0 Å². The molecule has 0 saturated heterocycles. The first-order chi connectivity index (χ1) is 12.0. The molecule has 112 valence electrons. The van der Waals surface area contributed by atoms with Crippen LogP contribution in [0.25, 0.3) is 10.9 Å². The van der Waals surface area contributed by atoms with E-state index in [0.29, 0.717) is 30.7 Å². The van der Waals surface area contributed by atoms with Gasteiger partial charge < -0.3 is 14.8 Å². The van der Waals surface area contributed by atoms with E-state index in [0.717, 1.165) is 10.9 Å². The van der Waals surface area contributed by atoms with E-state index < -0.39 is 24.8 Å². The number of aryl methyl sites for hydroxylation is 1. The lowest BCUT2D eigenvalue weighted by molar-refractivity contribution is -0.148. The molecule has 0 saturated carbocycles. The van der Waals surface area contributed by atoms with Crippen LogP contribution in [-0.4, -0.2) is 22.7 Å². The van der Waals surface area contributed by atoms with Crippen LogP contribution in [0.15, 0.2) is 18.2 Å². The van der Waals surface area contributed by atoms with Gasteiger partial charge in [-0.25, -0.2) is 0 Å². The van der Waals surface area contributed by atoms with Crippen molar-refractivity contribution >= 4 is 16.9 Å². The summed E-state index contributed by atoms with van der Waals surface area (Å²) >= 11 is 0. The molecule has 0 spiro atoms. The molecule has 2 aromatic rings. The van der Waals surface area contributed by atoms with E-state index in [1.165, 1.54) is 6.07 Å². The minimum Gasteiger partial charge on any atom is -0.481 e. The predicted octanol–water partition coefficient (Wildman–Crippen LogP) is 3.38. The second-order valence-corrected chi connectivity index (χ2v) is 5.35. The molecule has 1 aliphatic rings. The Morgan fingerprint density at radius 1 is 1.62 bits per heavy atom. The number of carbonyl (C=O) groups is 1. The first kappa shape index (κ1) is 9.26. The summed E-state index contributed by atoms with van der Waals surface area (Å²) in [5, 5.41) is 10.0. The van der Waals surface area contributed by atoms with Crippen LogP contribution in [0.2, 0.25) is 0 Å². The Kier molecular flexibility index (Phi) is 2.29. The van der Waals surface area contributed by atoms with Gasteiger partial charge in [0.2, 0.25) is 0 Å². The third-order valence-electron chi connectivity index (χ3n) is 4.27. The average molecular weight is 292 g/mol. The molecule has 1 atom stereocenters. The lowest BCUT2D eigenvalue weighted by atomic mass is 9.86. The van der Waals surface area contributed by atoms with Gasteiger partial charge in [0.15, 0.2) is 0 Å². The third kappa shape index (κ3) is 2.14. The number of hydrogen-bond donors (Lipinski definition) is 2. The van der Waals surface area contributed by atoms with E-state index >= 15 is 0 Å². The Labute approximate surface area is 131 Å². The Bertz CT molecular complexity index is 858. The smallest absolute Gasteiger partial charge is 0.306 e. The maximum atomic E-state index is 11.4. The number of fused-ring (bicyclic) bond motifs is 3. The van der Waals surface area contributed by atoms with Crippen molar-refractivity contribution in [2.24, 2.45) is 0 Å². The number of aromatic nitrogens is 1. The van der Waals surface area contributed by atoms with Gasteiger partial charge in [0.1, 0.15) is 5.60 Å². The average Bonchev–Trinajstić information content (AvgIpc) is 2.93. The van der Waals surface area contributed by atoms with Gasteiger partial charge in [-0.1, -0.05) is 32.0 Å². The highest BCUT2D eigenvalue weighted by Gasteiger charge is 2.40. The maximum Gasteiger partial charge on any atom is 0.306 e. The number of hydrogen-bond acceptors (Lipinski definition) is 2. The van der Waals surface area contributed by atoms with Crippen molar-refractivity contribution in [2.45, 2.75) is 45.0 Å². The molecule has 0 unspecified atom stereocenters. The highest BCUT2D eigenvalue weighted by atomic mass is 16.5. The highest BCUT2D eigenvalue weighted by molar-refractivity contribution is 5.88. The topological polar surface area (TPSA) is 62.3 Å². The molecule has 0 aliphatic carbocycles. The molecule has 1 aliphatic heterocycles. The van der Waals surface area contributed by atoms with E-state index in [1.54, 1.807) is 12.1 Å². The van der Waals surface area contributed by atoms with Gasteiger partial charge in [-0.3, -0.25) is 4.79 Å². The Morgan fingerprint density at radius 2 is 2.48 bits per heavy atom. The molecule has 0 fully saturated rings. The minimum atomic E-state index is -2.83. The fraction of sp³-hybridized carbons (Fsp3) is 0.471. The van der Waals surface area contributed by atoms with Crippen molar-refractivity contribution < 1.29 is 21.5 Å². The number of carboxylic acids is 1. The zero-order valence-electron chi connectivity index (χ0n) is 16.8. The van der Waals surface area contributed by atoms with Gasteiger partial charge in [-0.15, -0.1) is 0 Å². The summed E-state index contributed by atoms with van der Waals surface area (Å²) in [6, 6.07) is 4.90. The first-order valence-corrected chi connectivity index (χ1v) is 7.04. The van der Waals surface area contributed by atoms with Gasteiger partial charge >= 0.3 is 5.97 Å². The number of aliphatic carboxylic acids is 1. The second-order valence-electron chi connectivity index (χ2n) is 5.35.